The third-order valence-electron chi connectivity index (χ3n) is 5.73. The Balaban J connectivity index is 0.00000342. The van der Waals surface area contributed by atoms with Gasteiger partial charge in [0.25, 0.3) is 0 Å². The molecule has 35 heavy (non-hydrogen) atoms. The lowest BCUT2D eigenvalue weighted by Crippen LogP contribution is -2.39. The molecule has 0 spiro atoms. The van der Waals surface area contributed by atoms with Gasteiger partial charge in [0, 0.05) is 42.4 Å². The number of amides is 1. The van der Waals surface area contributed by atoms with E-state index in [9.17, 15) is 4.79 Å². The molecule has 1 aromatic heterocycles. The molecule has 0 atom stereocenters. The number of thiazole rings is 1. The molecular formula is C26H34ClN3O3S2. The lowest BCUT2D eigenvalue weighted by Gasteiger charge is -2.27. The summed E-state index contributed by atoms with van der Waals surface area (Å²) < 4.78 is 11.9. The molecule has 0 saturated carbocycles. The molecule has 9 heteroatoms. The minimum Gasteiger partial charge on any atom is -0.497 e. The molecule has 1 aliphatic rings. The van der Waals surface area contributed by atoms with Crippen molar-refractivity contribution in [3.05, 3.63) is 48.0 Å². The molecule has 0 unspecified atom stereocenters. The maximum Gasteiger partial charge on any atom is 0.233 e. The number of carbonyl (C=O) groups is 1. The Morgan fingerprint density at radius 3 is 2.63 bits per heavy atom. The van der Waals surface area contributed by atoms with E-state index < -0.39 is 0 Å². The highest BCUT2D eigenvalue weighted by atomic mass is 35.5. The maximum atomic E-state index is 13.5. The smallest absolute Gasteiger partial charge is 0.233 e. The maximum absolute atomic E-state index is 13.5. The second-order valence-electron chi connectivity index (χ2n) is 8.67. The number of fused-ring (bicyclic) bond motifs is 1. The van der Waals surface area contributed by atoms with Crippen LogP contribution in [0.2, 0.25) is 0 Å². The van der Waals surface area contributed by atoms with E-state index in [1.54, 1.807) is 18.4 Å². The first-order valence-electron chi connectivity index (χ1n) is 11.8. The Labute approximate surface area is 222 Å². The lowest BCUT2D eigenvalue weighted by molar-refractivity contribution is -0.118. The summed E-state index contributed by atoms with van der Waals surface area (Å²) in [6.07, 6.45) is 1.26. The van der Waals surface area contributed by atoms with Crippen molar-refractivity contribution in [2.75, 3.05) is 51.4 Å². The molecule has 0 aliphatic carbocycles. The van der Waals surface area contributed by atoms with Crippen molar-refractivity contribution in [3.8, 4) is 5.75 Å². The molecule has 1 aliphatic heterocycles. The van der Waals surface area contributed by atoms with E-state index in [-0.39, 0.29) is 18.3 Å². The van der Waals surface area contributed by atoms with Gasteiger partial charge in [0.15, 0.2) is 5.13 Å². The van der Waals surface area contributed by atoms with Crippen LogP contribution in [0.3, 0.4) is 0 Å². The fourth-order valence-electron chi connectivity index (χ4n) is 3.97. The molecule has 3 aromatic rings. The average molecular weight is 536 g/mol. The van der Waals surface area contributed by atoms with Gasteiger partial charge < -0.3 is 9.47 Å². The zero-order valence-electron chi connectivity index (χ0n) is 20.6. The van der Waals surface area contributed by atoms with Gasteiger partial charge in [-0.15, -0.1) is 24.2 Å². The van der Waals surface area contributed by atoms with Crippen molar-refractivity contribution in [1.82, 2.24) is 9.88 Å². The first-order chi connectivity index (χ1) is 16.5. The van der Waals surface area contributed by atoms with E-state index >= 15 is 0 Å². The quantitative estimate of drug-likeness (QED) is 0.318. The number of rotatable bonds is 10. The van der Waals surface area contributed by atoms with Crippen LogP contribution in [0.15, 0.2) is 47.4 Å². The zero-order chi connectivity index (χ0) is 23.9. The van der Waals surface area contributed by atoms with Gasteiger partial charge in [-0.3, -0.25) is 14.6 Å². The van der Waals surface area contributed by atoms with Crippen LogP contribution in [-0.4, -0.2) is 67.5 Å². The summed E-state index contributed by atoms with van der Waals surface area (Å²) in [7, 11) is 1.65. The number of benzene rings is 2. The molecule has 4 rings (SSSR count). The van der Waals surface area contributed by atoms with Crippen LogP contribution in [0, 0.1) is 0 Å². The average Bonchev–Trinajstić information content (AvgIpc) is 3.26. The second-order valence-corrected chi connectivity index (χ2v) is 11.3. The monoisotopic (exact) mass is 535 g/mol. The minimum absolute atomic E-state index is 0. The van der Waals surface area contributed by atoms with Crippen molar-refractivity contribution >= 4 is 56.8 Å². The van der Waals surface area contributed by atoms with Crippen molar-refractivity contribution < 1.29 is 14.3 Å². The van der Waals surface area contributed by atoms with Crippen LogP contribution in [0.25, 0.3) is 10.2 Å². The summed E-state index contributed by atoms with van der Waals surface area (Å²) in [6.45, 7) is 9.45. The van der Waals surface area contributed by atoms with Crippen LogP contribution in [0.1, 0.15) is 25.8 Å². The zero-order valence-corrected chi connectivity index (χ0v) is 23.0. The number of hydrogen-bond acceptors (Lipinski definition) is 7. The molecule has 6 nitrogen and oxygen atoms in total. The number of anilines is 1. The third kappa shape index (κ3) is 7.82. The van der Waals surface area contributed by atoms with E-state index in [0.29, 0.717) is 18.2 Å². The van der Waals surface area contributed by atoms with Crippen molar-refractivity contribution in [3.63, 3.8) is 0 Å². The number of thioether (sulfide) groups is 1. The topological polar surface area (TPSA) is 54.9 Å². The highest BCUT2D eigenvalue weighted by Crippen LogP contribution is 2.32. The molecule has 1 fully saturated rings. The number of carbonyl (C=O) groups excluding carboxylic acids is 1. The van der Waals surface area contributed by atoms with Crippen LogP contribution < -0.4 is 9.64 Å². The minimum atomic E-state index is 0. The van der Waals surface area contributed by atoms with E-state index in [1.165, 1.54) is 4.90 Å². The highest BCUT2D eigenvalue weighted by molar-refractivity contribution is 7.99. The largest absolute Gasteiger partial charge is 0.497 e. The Kier molecular flexibility index (Phi) is 10.7. The van der Waals surface area contributed by atoms with E-state index in [4.69, 9.17) is 14.5 Å². The molecule has 190 valence electrons. The standard InChI is InChI=1S/C26H33N3O3S2.ClH/c1-19(2)33-22-8-5-20(6-9-22)17-25(30)29(12-4-11-28-13-15-32-16-14-28)26-27-23-18-21(31-3)7-10-24(23)34-26;/h5-10,18-19H,4,11-17H2,1-3H3;1H. The summed E-state index contributed by atoms with van der Waals surface area (Å²) in [5, 5.41) is 1.29. The molecule has 0 N–H and O–H groups in total. The summed E-state index contributed by atoms with van der Waals surface area (Å²) in [5.74, 6) is 0.853. The number of hydrogen-bond donors (Lipinski definition) is 0. The Morgan fingerprint density at radius 1 is 1.20 bits per heavy atom. The van der Waals surface area contributed by atoms with Crippen LogP contribution in [0.5, 0.6) is 5.75 Å². The number of nitrogens with zero attached hydrogens (tertiary/aromatic N) is 3. The summed E-state index contributed by atoms with van der Waals surface area (Å²) >= 11 is 3.39. The Bertz CT molecular complexity index is 1090. The van der Waals surface area contributed by atoms with E-state index in [2.05, 4.69) is 43.0 Å². The third-order valence-corrected chi connectivity index (χ3v) is 7.80. The van der Waals surface area contributed by atoms with Gasteiger partial charge in [-0.2, -0.15) is 0 Å². The number of methoxy groups -OCH3 is 1. The van der Waals surface area contributed by atoms with Crippen LogP contribution >= 0.6 is 35.5 Å². The van der Waals surface area contributed by atoms with Crippen molar-refractivity contribution in [2.24, 2.45) is 0 Å². The van der Waals surface area contributed by atoms with Crippen LogP contribution in [-0.2, 0) is 16.0 Å². The van der Waals surface area contributed by atoms with Gasteiger partial charge in [-0.1, -0.05) is 37.3 Å². The normalized spacial score (nSPS) is 14.2. The Hall–Kier alpha value is -1.84. The fraction of sp³-hybridized carbons (Fsp3) is 0.462. The van der Waals surface area contributed by atoms with Gasteiger partial charge in [0.2, 0.25) is 5.91 Å². The van der Waals surface area contributed by atoms with Gasteiger partial charge >= 0.3 is 0 Å². The molecule has 1 saturated heterocycles. The Morgan fingerprint density at radius 2 is 1.94 bits per heavy atom. The molecule has 0 radical (unpaired) electrons. The van der Waals surface area contributed by atoms with E-state index in [1.807, 2.05) is 34.9 Å². The first kappa shape index (κ1) is 27.7. The number of morpholine rings is 1. The van der Waals surface area contributed by atoms with Gasteiger partial charge in [0.1, 0.15) is 5.75 Å². The van der Waals surface area contributed by atoms with Gasteiger partial charge in [0.05, 0.1) is 37.0 Å². The number of ether oxygens (including phenoxy) is 2. The lowest BCUT2D eigenvalue weighted by atomic mass is 10.1. The fourth-order valence-corrected chi connectivity index (χ4v) is 5.80. The summed E-state index contributed by atoms with van der Waals surface area (Å²) in [6, 6.07) is 14.2. The molecule has 2 aromatic carbocycles. The van der Waals surface area contributed by atoms with Gasteiger partial charge in [-0.05, 0) is 36.2 Å². The summed E-state index contributed by atoms with van der Waals surface area (Å²) in [4.78, 5) is 23.8. The number of halogens is 1. The molecule has 0 bridgehead atoms. The van der Waals surface area contributed by atoms with Gasteiger partial charge in [-0.25, -0.2) is 4.98 Å². The second kappa shape index (κ2) is 13.5. The first-order valence-corrected chi connectivity index (χ1v) is 13.5. The predicted octanol–water partition coefficient (Wildman–Crippen LogP) is 5.53. The van der Waals surface area contributed by atoms with Crippen molar-refractivity contribution in [1.29, 1.82) is 0 Å². The number of aromatic nitrogens is 1. The molecular weight excluding hydrogens is 502 g/mol. The molecule has 1 amide bonds. The van der Waals surface area contributed by atoms with Crippen LogP contribution in [0.4, 0.5) is 5.13 Å². The predicted molar refractivity (Wildman–Crippen MR) is 149 cm³/mol. The SMILES string of the molecule is COc1ccc2sc(N(CCCN3CCOCC3)C(=O)Cc3ccc(SC(C)C)cc3)nc2c1.Cl. The molecule has 2 heterocycles. The van der Waals surface area contributed by atoms with E-state index in [0.717, 1.165) is 65.9 Å². The highest BCUT2D eigenvalue weighted by Gasteiger charge is 2.21. The van der Waals surface area contributed by atoms with Crippen molar-refractivity contribution in [2.45, 2.75) is 36.8 Å². The summed E-state index contributed by atoms with van der Waals surface area (Å²) in [5.41, 5.74) is 1.89.